The van der Waals surface area contributed by atoms with E-state index in [0.29, 0.717) is 5.15 Å². The Kier molecular flexibility index (Phi) is 3.22. The van der Waals surface area contributed by atoms with E-state index in [1.54, 1.807) is 6.07 Å². The van der Waals surface area contributed by atoms with Crippen LogP contribution in [0.4, 0.5) is 5.82 Å². The number of halogens is 1. The summed E-state index contributed by atoms with van der Waals surface area (Å²) in [6.45, 7) is 3.51. The standard InChI is InChI=1S/C10H13ClN2O/c11-9-3-1-4-10(12-9)13-5-2-7-14-8-6-13/h1,3-4H,2,5-8H2. The second-order valence-corrected chi connectivity index (χ2v) is 3.66. The fraction of sp³-hybridized carbons (Fsp3) is 0.500. The van der Waals surface area contributed by atoms with Gasteiger partial charge < -0.3 is 9.64 Å². The first-order chi connectivity index (χ1) is 6.86. The zero-order valence-electron chi connectivity index (χ0n) is 7.95. The van der Waals surface area contributed by atoms with E-state index >= 15 is 0 Å². The van der Waals surface area contributed by atoms with Crippen molar-refractivity contribution in [1.29, 1.82) is 0 Å². The Bertz CT molecular complexity index is 298. The third-order valence-corrected chi connectivity index (χ3v) is 2.46. The van der Waals surface area contributed by atoms with Gasteiger partial charge in [-0.25, -0.2) is 4.98 Å². The Morgan fingerprint density at radius 2 is 2.21 bits per heavy atom. The van der Waals surface area contributed by atoms with Crippen LogP contribution in [0.3, 0.4) is 0 Å². The molecular weight excluding hydrogens is 200 g/mol. The zero-order valence-corrected chi connectivity index (χ0v) is 8.70. The van der Waals surface area contributed by atoms with Crippen molar-refractivity contribution < 1.29 is 4.74 Å². The van der Waals surface area contributed by atoms with E-state index in [1.807, 2.05) is 12.1 Å². The van der Waals surface area contributed by atoms with Crippen LogP contribution >= 0.6 is 11.6 Å². The Morgan fingerprint density at radius 3 is 3.07 bits per heavy atom. The van der Waals surface area contributed by atoms with Crippen molar-refractivity contribution in [1.82, 2.24) is 4.98 Å². The highest BCUT2D eigenvalue weighted by molar-refractivity contribution is 6.29. The predicted molar refractivity (Wildman–Crippen MR) is 56.9 cm³/mol. The highest BCUT2D eigenvalue weighted by Gasteiger charge is 2.10. The average Bonchev–Trinajstić information content (AvgIpc) is 2.45. The second-order valence-electron chi connectivity index (χ2n) is 3.27. The lowest BCUT2D eigenvalue weighted by atomic mass is 10.3. The fourth-order valence-electron chi connectivity index (χ4n) is 1.55. The molecule has 0 unspecified atom stereocenters. The molecule has 0 aromatic carbocycles. The summed E-state index contributed by atoms with van der Waals surface area (Å²) in [4.78, 5) is 6.48. The van der Waals surface area contributed by atoms with Gasteiger partial charge in [0.2, 0.25) is 0 Å². The highest BCUT2D eigenvalue weighted by atomic mass is 35.5. The number of pyridine rings is 1. The summed E-state index contributed by atoms with van der Waals surface area (Å²) < 4.78 is 5.37. The molecule has 0 radical (unpaired) electrons. The minimum Gasteiger partial charge on any atom is -0.380 e. The topological polar surface area (TPSA) is 25.4 Å². The van der Waals surface area contributed by atoms with Crippen LogP contribution in [0.5, 0.6) is 0 Å². The Balaban J connectivity index is 2.12. The molecule has 1 aromatic heterocycles. The Hall–Kier alpha value is -0.800. The molecule has 1 fully saturated rings. The summed E-state index contributed by atoms with van der Waals surface area (Å²) in [5.74, 6) is 0.947. The maximum atomic E-state index is 5.84. The van der Waals surface area contributed by atoms with Gasteiger partial charge in [0.1, 0.15) is 11.0 Å². The maximum absolute atomic E-state index is 5.84. The van der Waals surface area contributed by atoms with Crippen molar-refractivity contribution in [2.24, 2.45) is 0 Å². The molecule has 2 heterocycles. The number of anilines is 1. The molecule has 0 spiro atoms. The van der Waals surface area contributed by atoms with E-state index in [-0.39, 0.29) is 0 Å². The van der Waals surface area contributed by atoms with Crippen molar-refractivity contribution >= 4 is 17.4 Å². The van der Waals surface area contributed by atoms with Crippen LogP contribution in [-0.4, -0.2) is 31.3 Å². The van der Waals surface area contributed by atoms with Gasteiger partial charge in [0.15, 0.2) is 0 Å². The van der Waals surface area contributed by atoms with Gasteiger partial charge in [0.25, 0.3) is 0 Å². The normalized spacial score (nSPS) is 17.9. The van der Waals surface area contributed by atoms with Crippen LogP contribution < -0.4 is 4.90 Å². The number of nitrogens with zero attached hydrogens (tertiary/aromatic N) is 2. The third kappa shape index (κ3) is 2.36. The van der Waals surface area contributed by atoms with Gasteiger partial charge in [-0.1, -0.05) is 17.7 Å². The smallest absolute Gasteiger partial charge is 0.131 e. The van der Waals surface area contributed by atoms with E-state index in [4.69, 9.17) is 16.3 Å². The molecule has 3 nitrogen and oxygen atoms in total. The van der Waals surface area contributed by atoms with Crippen molar-refractivity contribution in [2.75, 3.05) is 31.2 Å². The third-order valence-electron chi connectivity index (χ3n) is 2.25. The van der Waals surface area contributed by atoms with Crippen LogP contribution in [0.1, 0.15) is 6.42 Å². The lowest BCUT2D eigenvalue weighted by Gasteiger charge is -2.20. The molecule has 0 atom stereocenters. The molecule has 14 heavy (non-hydrogen) atoms. The van der Waals surface area contributed by atoms with Crippen molar-refractivity contribution in [3.05, 3.63) is 23.4 Å². The van der Waals surface area contributed by atoms with Gasteiger partial charge in [-0.05, 0) is 18.6 Å². The van der Waals surface area contributed by atoms with Crippen LogP contribution in [-0.2, 0) is 4.74 Å². The van der Waals surface area contributed by atoms with E-state index < -0.39 is 0 Å². The molecule has 1 aromatic rings. The minimum absolute atomic E-state index is 0.549. The molecule has 1 saturated heterocycles. The summed E-state index contributed by atoms with van der Waals surface area (Å²) in [5, 5.41) is 0.549. The number of hydrogen-bond donors (Lipinski definition) is 0. The van der Waals surface area contributed by atoms with Gasteiger partial charge in [0, 0.05) is 19.7 Å². The van der Waals surface area contributed by atoms with Gasteiger partial charge in [0.05, 0.1) is 6.61 Å². The van der Waals surface area contributed by atoms with Gasteiger partial charge in [-0.15, -0.1) is 0 Å². The van der Waals surface area contributed by atoms with Crippen LogP contribution in [0, 0.1) is 0 Å². The van der Waals surface area contributed by atoms with Crippen LogP contribution in [0.15, 0.2) is 18.2 Å². The van der Waals surface area contributed by atoms with Crippen molar-refractivity contribution in [3.8, 4) is 0 Å². The first-order valence-electron chi connectivity index (χ1n) is 4.81. The largest absolute Gasteiger partial charge is 0.380 e. The molecule has 0 amide bonds. The predicted octanol–water partition coefficient (Wildman–Crippen LogP) is 1.96. The van der Waals surface area contributed by atoms with E-state index in [0.717, 1.165) is 38.5 Å². The number of rotatable bonds is 1. The molecule has 4 heteroatoms. The van der Waals surface area contributed by atoms with E-state index in [9.17, 15) is 0 Å². The first-order valence-corrected chi connectivity index (χ1v) is 5.19. The summed E-state index contributed by atoms with van der Waals surface area (Å²) in [7, 11) is 0. The SMILES string of the molecule is Clc1cccc(N2CCCOCC2)n1. The summed E-state index contributed by atoms with van der Waals surface area (Å²) in [5.41, 5.74) is 0. The molecule has 0 saturated carbocycles. The Labute approximate surface area is 88.6 Å². The summed E-state index contributed by atoms with van der Waals surface area (Å²) in [6.07, 6.45) is 1.05. The maximum Gasteiger partial charge on any atom is 0.131 e. The number of aromatic nitrogens is 1. The van der Waals surface area contributed by atoms with E-state index in [2.05, 4.69) is 9.88 Å². The molecule has 2 rings (SSSR count). The van der Waals surface area contributed by atoms with Crippen LogP contribution in [0.2, 0.25) is 5.15 Å². The lowest BCUT2D eigenvalue weighted by Crippen LogP contribution is -2.26. The van der Waals surface area contributed by atoms with Crippen molar-refractivity contribution in [2.45, 2.75) is 6.42 Å². The van der Waals surface area contributed by atoms with Gasteiger partial charge >= 0.3 is 0 Å². The first kappa shape index (κ1) is 9.74. The molecular formula is C10H13ClN2O. The average molecular weight is 213 g/mol. The second kappa shape index (κ2) is 4.62. The molecule has 76 valence electrons. The zero-order chi connectivity index (χ0) is 9.80. The van der Waals surface area contributed by atoms with Crippen LogP contribution in [0.25, 0.3) is 0 Å². The van der Waals surface area contributed by atoms with Crippen molar-refractivity contribution in [3.63, 3.8) is 0 Å². The molecule has 0 bridgehead atoms. The monoisotopic (exact) mass is 212 g/mol. The quantitative estimate of drug-likeness (QED) is 0.666. The van der Waals surface area contributed by atoms with Gasteiger partial charge in [-0.2, -0.15) is 0 Å². The number of ether oxygens (including phenoxy) is 1. The molecule has 1 aliphatic rings. The highest BCUT2D eigenvalue weighted by Crippen LogP contribution is 2.15. The number of hydrogen-bond acceptors (Lipinski definition) is 3. The molecule has 0 aliphatic carbocycles. The lowest BCUT2D eigenvalue weighted by molar-refractivity contribution is 0.152. The van der Waals surface area contributed by atoms with E-state index in [1.165, 1.54) is 0 Å². The minimum atomic E-state index is 0.549. The summed E-state index contributed by atoms with van der Waals surface area (Å²) >= 11 is 5.84. The molecule has 0 N–H and O–H groups in total. The Morgan fingerprint density at radius 1 is 1.29 bits per heavy atom. The fourth-order valence-corrected chi connectivity index (χ4v) is 1.71. The summed E-state index contributed by atoms with van der Waals surface area (Å²) in [6, 6.07) is 5.70. The molecule has 1 aliphatic heterocycles. The van der Waals surface area contributed by atoms with Gasteiger partial charge in [-0.3, -0.25) is 0 Å².